The van der Waals surface area contributed by atoms with Crippen molar-refractivity contribution < 1.29 is 4.43 Å². The number of hydrogen-bond donors (Lipinski definition) is 2. The standard InChI is InChI=1S/C14H28N4OSi/c1-14(2,3)20(4,5)19-12-8-6-11(7-9-12)16-13-10-15-18-17-13/h10-12H,6-9H2,1-5H3,(H2,15,16,17,18). The molecule has 0 atom stereocenters. The maximum Gasteiger partial charge on any atom is 0.192 e. The molecule has 0 saturated heterocycles. The van der Waals surface area contributed by atoms with Gasteiger partial charge >= 0.3 is 0 Å². The quantitative estimate of drug-likeness (QED) is 0.834. The molecule has 1 aromatic rings. The minimum absolute atomic E-state index is 0.295. The molecule has 0 aromatic carbocycles. The summed E-state index contributed by atoms with van der Waals surface area (Å²) in [5.74, 6) is 0.916. The van der Waals surface area contributed by atoms with Crippen LogP contribution in [0.25, 0.3) is 0 Å². The SMILES string of the molecule is CC(C)(C)[Si](C)(C)OC1CCC(Nc2cnn[nH]2)CC1. The van der Waals surface area contributed by atoms with Gasteiger partial charge in [-0.15, -0.1) is 5.10 Å². The van der Waals surface area contributed by atoms with Gasteiger partial charge in [-0.25, -0.2) is 5.10 Å². The Labute approximate surface area is 123 Å². The molecule has 0 aliphatic heterocycles. The fraction of sp³-hybridized carbons (Fsp3) is 0.857. The van der Waals surface area contributed by atoms with E-state index >= 15 is 0 Å². The van der Waals surface area contributed by atoms with E-state index in [1.807, 2.05) is 0 Å². The highest BCUT2D eigenvalue weighted by Gasteiger charge is 2.39. The molecule has 2 rings (SSSR count). The summed E-state index contributed by atoms with van der Waals surface area (Å²) in [6.45, 7) is 11.6. The second kappa shape index (κ2) is 5.85. The minimum Gasteiger partial charge on any atom is -0.414 e. The third-order valence-corrected chi connectivity index (χ3v) is 9.25. The lowest BCUT2D eigenvalue weighted by Gasteiger charge is -2.41. The Hall–Kier alpha value is -0.883. The van der Waals surface area contributed by atoms with Crippen LogP contribution in [0.2, 0.25) is 18.1 Å². The van der Waals surface area contributed by atoms with Crippen LogP contribution in [-0.4, -0.2) is 35.9 Å². The lowest BCUT2D eigenvalue weighted by molar-refractivity contribution is 0.133. The third-order valence-electron chi connectivity index (χ3n) is 4.72. The van der Waals surface area contributed by atoms with Gasteiger partial charge in [0.05, 0.1) is 6.20 Å². The van der Waals surface area contributed by atoms with Gasteiger partial charge in [-0.1, -0.05) is 26.0 Å². The van der Waals surface area contributed by atoms with E-state index < -0.39 is 8.32 Å². The number of nitrogens with zero attached hydrogens (tertiary/aromatic N) is 2. The number of nitrogens with one attached hydrogen (secondary N) is 2. The smallest absolute Gasteiger partial charge is 0.192 e. The molecule has 0 spiro atoms. The second-order valence-corrected chi connectivity index (χ2v) is 12.1. The average molecular weight is 296 g/mol. The Bertz CT molecular complexity index is 405. The van der Waals surface area contributed by atoms with Crippen LogP contribution in [0.3, 0.4) is 0 Å². The first-order valence-corrected chi connectivity index (χ1v) is 10.5. The fourth-order valence-electron chi connectivity index (χ4n) is 2.41. The van der Waals surface area contributed by atoms with Crippen molar-refractivity contribution in [3.63, 3.8) is 0 Å². The molecule has 20 heavy (non-hydrogen) atoms. The molecule has 1 aliphatic carbocycles. The molecule has 1 saturated carbocycles. The van der Waals surface area contributed by atoms with Crippen molar-refractivity contribution in [2.24, 2.45) is 0 Å². The summed E-state index contributed by atoms with van der Waals surface area (Å²) in [4.78, 5) is 0. The van der Waals surface area contributed by atoms with Crippen LogP contribution in [0.5, 0.6) is 0 Å². The van der Waals surface area contributed by atoms with Crippen LogP contribution in [0.15, 0.2) is 6.20 Å². The van der Waals surface area contributed by atoms with Crippen molar-refractivity contribution in [3.05, 3.63) is 6.20 Å². The second-order valence-electron chi connectivity index (χ2n) is 7.37. The predicted octanol–water partition coefficient (Wildman–Crippen LogP) is 3.55. The summed E-state index contributed by atoms with van der Waals surface area (Å²) >= 11 is 0. The minimum atomic E-state index is -1.62. The first-order chi connectivity index (χ1) is 9.28. The average Bonchev–Trinajstić information content (AvgIpc) is 2.83. The van der Waals surface area contributed by atoms with Gasteiger partial charge in [-0.05, 0) is 43.8 Å². The van der Waals surface area contributed by atoms with Crippen LogP contribution in [0.4, 0.5) is 5.82 Å². The number of aromatic nitrogens is 3. The summed E-state index contributed by atoms with van der Waals surface area (Å²) in [6, 6.07) is 0.511. The van der Waals surface area contributed by atoms with Crippen LogP contribution < -0.4 is 5.32 Å². The molecule has 1 aliphatic rings. The molecule has 1 fully saturated rings. The van der Waals surface area contributed by atoms with E-state index in [9.17, 15) is 0 Å². The first kappa shape index (κ1) is 15.5. The van der Waals surface area contributed by atoms with Gasteiger partial charge < -0.3 is 9.74 Å². The fourth-order valence-corrected chi connectivity index (χ4v) is 3.83. The number of hydrogen-bond acceptors (Lipinski definition) is 4. The number of rotatable bonds is 4. The predicted molar refractivity (Wildman–Crippen MR) is 84.3 cm³/mol. The molecule has 2 N–H and O–H groups in total. The zero-order chi connectivity index (χ0) is 14.8. The monoisotopic (exact) mass is 296 g/mol. The molecule has 6 heteroatoms. The molecule has 114 valence electrons. The van der Waals surface area contributed by atoms with Gasteiger partial charge in [0, 0.05) is 12.1 Å². The van der Waals surface area contributed by atoms with Gasteiger partial charge in [0.2, 0.25) is 0 Å². The van der Waals surface area contributed by atoms with Crippen molar-refractivity contribution >= 4 is 14.1 Å². The van der Waals surface area contributed by atoms with Gasteiger partial charge in [0.25, 0.3) is 0 Å². The number of anilines is 1. The van der Waals surface area contributed by atoms with Gasteiger partial charge in [-0.2, -0.15) is 0 Å². The lowest BCUT2D eigenvalue weighted by Crippen LogP contribution is -2.45. The summed E-state index contributed by atoms with van der Waals surface area (Å²) < 4.78 is 6.51. The molecule has 0 amide bonds. The Morgan fingerprint density at radius 3 is 2.40 bits per heavy atom. The van der Waals surface area contributed by atoms with Crippen molar-refractivity contribution in [2.75, 3.05) is 5.32 Å². The van der Waals surface area contributed by atoms with Gasteiger partial charge in [0.15, 0.2) is 8.32 Å². The van der Waals surface area contributed by atoms with E-state index in [-0.39, 0.29) is 0 Å². The Morgan fingerprint density at radius 1 is 1.25 bits per heavy atom. The van der Waals surface area contributed by atoms with E-state index in [1.165, 1.54) is 0 Å². The molecule has 1 aromatic heterocycles. The molecule has 0 bridgehead atoms. The maximum atomic E-state index is 6.51. The van der Waals surface area contributed by atoms with Crippen molar-refractivity contribution in [1.82, 2.24) is 15.4 Å². The summed E-state index contributed by atoms with van der Waals surface area (Å²) in [5, 5.41) is 14.1. The number of H-pyrrole nitrogens is 1. The topological polar surface area (TPSA) is 62.8 Å². The van der Waals surface area contributed by atoms with Crippen molar-refractivity contribution in [1.29, 1.82) is 0 Å². The normalized spacial score (nSPS) is 24.6. The summed E-state index contributed by atoms with van der Waals surface area (Å²) in [5.41, 5.74) is 0. The molecule has 0 radical (unpaired) electrons. The highest BCUT2D eigenvalue weighted by molar-refractivity contribution is 6.74. The largest absolute Gasteiger partial charge is 0.414 e. The van der Waals surface area contributed by atoms with E-state index in [0.717, 1.165) is 31.5 Å². The van der Waals surface area contributed by atoms with E-state index in [0.29, 0.717) is 17.2 Å². The Kier molecular flexibility index (Phi) is 4.54. The van der Waals surface area contributed by atoms with Crippen LogP contribution in [-0.2, 0) is 4.43 Å². The zero-order valence-electron chi connectivity index (χ0n) is 13.4. The third kappa shape index (κ3) is 3.82. The molecular weight excluding hydrogens is 268 g/mol. The highest BCUT2D eigenvalue weighted by atomic mass is 28.4. The molecule has 1 heterocycles. The zero-order valence-corrected chi connectivity index (χ0v) is 14.4. The highest BCUT2D eigenvalue weighted by Crippen LogP contribution is 2.39. The Balaban J connectivity index is 1.80. The first-order valence-electron chi connectivity index (χ1n) is 7.58. The maximum absolute atomic E-state index is 6.51. The van der Waals surface area contributed by atoms with Gasteiger partial charge in [0.1, 0.15) is 5.82 Å². The van der Waals surface area contributed by atoms with Crippen molar-refractivity contribution in [3.8, 4) is 0 Å². The summed E-state index contributed by atoms with van der Waals surface area (Å²) in [7, 11) is -1.62. The van der Waals surface area contributed by atoms with E-state index in [1.54, 1.807) is 6.20 Å². The van der Waals surface area contributed by atoms with Crippen LogP contribution in [0, 0.1) is 0 Å². The summed E-state index contributed by atoms with van der Waals surface area (Å²) in [6.07, 6.45) is 6.76. The van der Waals surface area contributed by atoms with E-state index in [4.69, 9.17) is 4.43 Å². The molecular formula is C14H28N4OSi. The number of aromatic amines is 1. The van der Waals surface area contributed by atoms with Crippen LogP contribution >= 0.6 is 0 Å². The van der Waals surface area contributed by atoms with Crippen molar-refractivity contribution in [2.45, 2.75) is 76.7 Å². The molecule has 5 nitrogen and oxygen atoms in total. The van der Waals surface area contributed by atoms with Crippen LogP contribution in [0.1, 0.15) is 46.5 Å². The molecule has 0 unspecified atom stereocenters. The lowest BCUT2D eigenvalue weighted by atomic mass is 9.93. The van der Waals surface area contributed by atoms with Gasteiger partial charge in [-0.3, -0.25) is 0 Å². The Morgan fingerprint density at radius 2 is 1.90 bits per heavy atom. The van der Waals surface area contributed by atoms with E-state index in [2.05, 4.69) is 54.6 Å².